The van der Waals surface area contributed by atoms with E-state index >= 15 is 0 Å². The van der Waals surface area contributed by atoms with Gasteiger partial charge in [0.1, 0.15) is 23.7 Å². The van der Waals surface area contributed by atoms with E-state index in [-0.39, 0.29) is 28.2 Å². The van der Waals surface area contributed by atoms with Crippen LogP contribution < -0.4 is 10.3 Å². The lowest BCUT2D eigenvalue weighted by Crippen LogP contribution is -2.38. The van der Waals surface area contributed by atoms with E-state index in [1.54, 1.807) is 25.2 Å². The first-order valence-electron chi connectivity index (χ1n) is 17.2. The second-order valence-electron chi connectivity index (χ2n) is 12.4. The molecule has 3 aromatic rings. The van der Waals surface area contributed by atoms with Crippen molar-refractivity contribution in [1.29, 1.82) is 0 Å². The molecule has 1 aliphatic rings. The SMILES string of the molecule is CCCOc1ccc(S(=O)(=O)N2CCC(CCC(=O)OCCN(CCC)CCC)CC2)cc1-c1nc2c(CCC)nn(C)c2c(=O)[nH]1. The first-order valence-corrected chi connectivity index (χ1v) is 18.7. The molecule has 13 heteroatoms. The number of aryl methyl sites for hydroxylation is 2. The molecule has 0 unspecified atom stereocenters. The van der Waals surface area contributed by atoms with Gasteiger partial charge in [-0.2, -0.15) is 9.40 Å². The molecular weight excluding hydrogens is 620 g/mol. The van der Waals surface area contributed by atoms with Gasteiger partial charge >= 0.3 is 5.97 Å². The van der Waals surface area contributed by atoms with E-state index in [2.05, 4.69) is 28.8 Å². The summed E-state index contributed by atoms with van der Waals surface area (Å²) in [7, 11) is -2.12. The summed E-state index contributed by atoms with van der Waals surface area (Å²) in [5.74, 6) is 0.751. The Labute approximate surface area is 278 Å². The molecule has 1 N–H and O–H groups in total. The van der Waals surface area contributed by atoms with Crippen LogP contribution in [0.1, 0.15) is 84.8 Å². The zero-order chi connectivity index (χ0) is 34.0. The average molecular weight is 673 g/mol. The highest BCUT2D eigenvalue weighted by atomic mass is 32.2. The van der Waals surface area contributed by atoms with Gasteiger partial charge in [0.05, 0.1) is 22.8 Å². The molecule has 12 nitrogen and oxygen atoms in total. The van der Waals surface area contributed by atoms with Crippen LogP contribution in [0.4, 0.5) is 0 Å². The summed E-state index contributed by atoms with van der Waals surface area (Å²) < 4.78 is 42.2. The molecule has 1 aliphatic heterocycles. The number of ether oxygens (including phenoxy) is 2. The molecule has 0 saturated carbocycles. The highest BCUT2D eigenvalue weighted by Crippen LogP contribution is 2.34. The van der Waals surface area contributed by atoms with Crippen LogP contribution in [0.3, 0.4) is 0 Å². The number of sulfonamides is 1. The fourth-order valence-electron chi connectivity index (χ4n) is 6.21. The van der Waals surface area contributed by atoms with Gasteiger partial charge in [-0.25, -0.2) is 13.4 Å². The molecule has 1 fully saturated rings. The lowest BCUT2D eigenvalue weighted by molar-refractivity contribution is -0.144. The Kier molecular flexibility index (Phi) is 13.4. The van der Waals surface area contributed by atoms with Crippen LogP contribution in [0.25, 0.3) is 22.4 Å². The van der Waals surface area contributed by atoms with E-state index in [0.717, 1.165) is 51.0 Å². The molecule has 0 aliphatic carbocycles. The molecule has 0 radical (unpaired) electrons. The Morgan fingerprint density at radius 2 is 1.74 bits per heavy atom. The number of H-pyrrole nitrogens is 1. The van der Waals surface area contributed by atoms with E-state index in [9.17, 15) is 18.0 Å². The van der Waals surface area contributed by atoms with Crippen LogP contribution in [0.2, 0.25) is 0 Å². The van der Waals surface area contributed by atoms with Crippen molar-refractivity contribution in [3.63, 3.8) is 0 Å². The van der Waals surface area contributed by atoms with Crippen molar-refractivity contribution in [2.24, 2.45) is 13.0 Å². The zero-order valence-corrected chi connectivity index (χ0v) is 29.5. The summed E-state index contributed by atoms with van der Waals surface area (Å²) in [4.78, 5) is 35.6. The number of esters is 1. The van der Waals surface area contributed by atoms with E-state index in [1.165, 1.54) is 8.99 Å². The van der Waals surface area contributed by atoms with Crippen molar-refractivity contribution in [1.82, 2.24) is 29.0 Å². The third-order valence-electron chi connectivity index (χ3n) is 8.64. The molecule has 260 valence electrons. The number of carbonyl (C=O) groups is 1. The van der Waals surface area contributed by atoms with Gasteiger partial charge in [-0.3, -0.25) is 19.2 Å². The Morgan fingerprint density at radius 3 is 2.40 bits per heavy atom. The molecule has 3 heterocycles. The van der Waals surface area contributed by atoms with Crippen LogP contribution in [0, 0.1) is 5.92 Å². The van der Waals surface area contributed by atoms with Crippen LogP contribution in [-0.4, -0.2) is 89.3 Å². The first kappa shape index (κ1) is 36.5. The number of hydrogen-bond acceptors (Lipinski definition) is 9. The summed E-state index contributed by atoms with van der Waals surface area (Å²) in [6, 6.07) is 4.74. The Bertz CT molecular complexity index is 1640. The quantitative estimate of drug-likeness (QED) is 0.187. The van der Waals surface area contributed by atoms with E-state index < -0.39 is 10.0 Å². The summed E-state index contributed by atoms with van der Waals surface area (Å²) in [5, 5.41) is 4.50. The van der Waals surface area contributed by atoms with Crippen LogP contribution in [-0.2, 0) is 33.0 Å². The normalized spacial score (nSPS) is 14.7. The molecule has 47 heavy (non-hydrogen) atoms. The second-order valence-corrected chi connectivity index (χ2v) is 14.3. The van der Waals surface area contributed by atoms with E-state index in [0.29, 0.717) is 80.8 Å². The zero-order valence-electron chi connectivity index (χ0n) is 28.7. The van der Waals surface area contributed by atoms with E-state index in [4.69, 9.17) is 14.5 Å². The molecule has 1 aromatic carbocycles. The monoisotopic (exact) mass is 672 g/mol. The van der Waals surface area contributed by atoms with Crippen LogP contribution in [0.5, 0.6) is 5.75 Å². The Morgan fingerprint density at radius 1 is 1.02 bits per heavy atom. The fraction of sp³-hybridized carbons (Fsp3) is 0.647. The van der Waals surface area contributed by atoms with Crippen molar-refractivity contribution >= 4 is 27.0 Å². The Hall–Kier alpha value is -3.29. The molecule has 0 amide bonds. The van der Waals surface area contributed by atoms with Crippen molar-refractivity contribution in [2.45, 2.75) is 90.4 Å². The van der Waals surface area contributed by atoms with Crippen molar-refractivity contribution in [3.8, 4) is 17.1 Å². The largest absolute Gasteiger partial charge is 0.493 e. The average Bonchev–Trinajstić information content (AvgIpc) is 3.38. The molecule has 4 rings (SSSR count). The maximum absolute atomic E-state index is 13.9. The van der Waals surface area contributed by atoms with Crippen molar-refractivity contribution in [2.75, 3.05) is 45.9 Å². The number of rotatable bonds is 18. The fourth-order valence-corrected chi connectivity index (χ4v) is 7.71. The van der Waals surface area contributed by atoms with E-state index in [1.807, 2.05) is 13.8 Å². The van der Waals surface area contributed by atoms with Gasteiger partial charge in [-0.15, -0.1) is 0 Å². The van der Waals surface area contributed by atoms with Gasteiger partial charge in [0.2, 0.25) is 10.0 Å². The van der Waals surface area contributed by atoms with Gasteiger partial charge in [0.25, 0.3) is 5.56 Å². The molecule has 0 atom stereocenters. The lowest BCUT2D eigenvalue weighted by atomic mass is 9.93. The first-order chi connectivity index (χ1) is 22.6. The number of carbonyl (C=O) groups excluding carboxylic acids is 1. The molecule has 2 aromatic heterocycles. The number of aromatic nitrogens is 4. The predicted molar refractivity (Wildman–Crippen MR) is 183 cm³/mol. The minimum atomic E-state index is -3.83. The van der Waals surface area contributed by atoms with Crippen LogP contribution in [0.15, 0.2) is 27.9 Å². The van der Waals surface area contributed by atoms with Gasteiger partial charge < -0.3 is 14.5 Å². The Balaban J connectivity index is 1.44. The van der Waals surface area contributed by atoms with Gasteiger partial charge in [0.15, 0.2) is 5.52 Å². The number of nitrogens with zero attached hydrogens (tertiary/aromatic N) is 5. The molecule has 0 bridgehead atoms. The number of nitrogens with one attached hydrogen (secondary N) is 1. The second kappa shape index (κ2) is 17.2. The van der Waals surface area contributed by atoms with Gasteiger partial charge in [-0.05, 0) is 82.2 Å². The molecule has 0 spiro atoms. The topological polar surface area (TPSA) is 140 Å². The summed E-state index contributed by atoms with van der Waals surface area (Å²) in [6.07, 6.45) is 6.77. The number of fused-ring (bicyclic) bond motifs is 1. The third kappa shape index (κ3) is 9.20. The number of piperidine rings is 1. The summed E-state index contributed by atoms with van der Waals surface area (Å²) in [6.45, 7) is 12.6. The third-order valence-corrected chi connectivity index (χ3v) is 10.5. The van der Waals surface area contributed by atoms with Gasteiger partial charge in [0, 0.05) is 33.1 Å². The predicted octanol–water partition coefficient (Wildman–Crippen LogP) is 4.91. The number of benzene rings is 1. The van der Waals surface area contributed by atoms with Crippen molar-refractivity contribution < 1.29 is 22.7 Å². The minimum absolute atomic E-state index is 0.112. The number of hydrogen-bond donors (Lipinski definition) is 1. The molecular formula is C34H52N6O6S. The molecule has 1 saturated heterocycles. The maximum atomic E-state index is 13.9. The smallest absolute Gasteiger partial charge is 0.305 e. The number of aromatic amines is 1. The highest BCUT2D eigenvalue weighted by molar-refractivity contribution is 7.89. The summed E-state index contributed by atoms with van der Waals surface area (Å²) in [5.41, 5.74) is 1.66. The summed E-state index contributed by atoms with van der Waals surface area (Å²) >= 11 is 0. The lowest BCUT2D eigenvalue weighted by Gasteiger charge is -2.31. The highest BCUT2D eigenvalue weighted by Gasteiger charge is 2.31. The van der Waals surface area contributed by atoms with Crippen LogP contribution >= 0.6 is 0 Å². The van der Waals surface area contributed by atoms with Gasteiger partial charge in [-0.1, -0.05) is 34.1 Å². The minimum Gasteiger partial charge on any atom is -0.493 e. The standard InChI is InChI=1S/C34H52N6O6S/c1-6-10-28-31-32(38(5)37-28)34(42)36-33(35-31)27-24-26(12-13-29(27)45-22-9-4)47(43,44)40-19-15-25(16-20-40)11-14-30(41)46-23-21-39(17-7-2)18-8-3/h12-13,24-25H,6-11,14-23H2,1-5H3,(H,35,36,42). The maximum Gasteiger partial charge on any atom is 0.305 e. The van der Waals surface area contributed by atoms with Crippen molar-refractivity contribution in [3.05, 3.63) is 34.2 Å².